The number of imidazole rings is 1. The Morgan fingerprint density at radius 1 is 1.18 bits per heavy atom. The number of alkyl halides is 3. The van der Waals surface area contributed by atoms with Gasteiger partial charge in [0.25, 0.3) is 0 Å². The second-order valence-corrected chi connectivity index (χ2v) is 4.53. The Kier molecular flexibility index (Phi) is 3.28. The van der Waals surface area contributed by atoms with E-state index in [0.717, 1.165) is 16.7 Å². The van der Waals surface area contributed by atoms with E-state index in [0.29, 0.717) is 5.69 Å². The van der Waals surface area contributed by atoms with Gasteiger partial charge < -0.3 is 4.74 Å². The molecule has 0 unspecified atom stereocenters. The van der Waals surface area contributed by atoms with Crippen LogP contribution in [-0.2, 0) is 0 Å². The Bertz CT molecular complexity index is 886. The minimum atomic E-state index is -4.78. The Labute approximate surface area is 125 Å². The minimum absolute atomic E-state index is 0.0407. The standard InChI is InChI=1S/C12H6ClF3N4O2/c13-9-8-10(18-5-17-9)19-11(21)20(8)6-1-3-7(4-2-6)22-12(14,15)16/h1-5H,(H,17,18,19,21). The van der Waals surface area contributed by atoms with Gasteiger partial charge in [-0.25, -0.2) is 14.8 Å². The van der Waals surface area contributed by atoms with Crippen molar-refractivity contribution < 1.29 is 17.9 Å². The third kappa shape index (κ3) is 2.62. The number of aromatic amines is 1. The van der Waals surface area contributed by atoms with Crippen molar-refractivity contribution in [3.05, 3.63) is 46.2 Å². The van der Waals surface area contributed by atoms with Crippen LogP contribution >= 0.6 is 11.6 Å². The monoisotopic (exact) mass is 330 g/mol. The molecule has 0 aliphatic carbocycles. The predicted molar refractivity (Wildman–Crippen MR) is 71.2 cm³/mol. The molecule has 22 heavy (non-hydrogen) atoms. The molecule has 0 saturated heterocycles. The van der Waals surface area contributed by atoms with Crippen LogP contribution in [-0.4, -0.2) is 25.9 Å². The highest BCUT2D eigenvalue weighted by Crippen LogP contribution is 2.25. The van der Waals surface area contributed by atoms with Crippen molar-refractivity contribution in [2.75, 3.05) is 0 Å². The van der Waals surface area contributed by atoms with Gasteiger partial charge in [0.15, 0.2) is 10.8 Å². The summed E-state index contributed by atoms with van der Waals surface area (Å²) in [7, 11) is 0. The van der Waals surface area contributed by atoms with Gasteiger partial charge in [0, 0.05) is 0 Å². The molecular weight excluding hydrogens is 325 g/mol. The maximum absolute atomic E-state index is 12.1. The van der Waals surface area contributed by atoms with Crippen molar-refractivity contribution in [2.24, 2.45) is 0 Å². The van der Waals surface area contributed by atoms with Crippen molar-refractivity contribution in [1.82, 2.24) is 19.5 Å². The first-order valence-corrected chi connectivity index (χ1v) is 6.20. The van der Waals surface area contributed by atoms with E-state index in [-0.39, 0.29) is 16.3 Å². The van der Waals surface area contributed by atoms with Crippen LogP contribution in [0.25, 0.3) is 16.9 Å². The lowest BCUT2D eigenvalue weighted by Crippen LogP contribution is -2.17. The molecule has 6 nitrogen and oxygen atoms in total. The van der Waals surface area contributed by atoms with E-state index >= 15 is 0 Å². The summed E-state index contributed by atoms with van der Waals surface area (Å²) < 4.78 is 41.3. The molecule has 0 saturated carbocycles. The van der Waals surface area contributed by atoms with Crippen LogP contribution in [0.1, 0.15) is 0 Å². The fourth-order valence-electron chi connectivity index (χ4n) is 1.95. The van der Waals surface area contributed by atoms with Crippen LogP contribution < -0.4 is 10.4 Å². The Balaban J connectivity index is 2.09. The number of rotatable bonds is 2. The highest BCUT2D eigenvalue weighted by Gasteiger charge is 2.31. The minimum Gasteiger partial charge on any atom is -0.406 e. The Hall–Kier alpha value is -2.55. The number of fused-ring (bicyclic) bond motifs is 1. The summed E-state index contributed by atoms with van der Waals surface area (Å²) in [6.45, 7) is 0. The molecule has 2 aromatic heterocycles. The lowest BCUT2D eigenvalue weighted by atomic mass is 10.3. The van der Waals surface area contributed by atoms with E-state index in [1.807, 2.05) is 0 Å². The molecule has 0 bridgehead atoms. The third-order valence-electron chi connectivity index (χ3n) is 2.76. The van der Waals surface area contributed by atoms with Crippen molar-refractivity contribution in [3.63, 3.8) is 0 Å². The molecule has 0 aliphatic rings. The molecule has 114 valence electrons. The molecule has 0 fully saturated rings. The summed E-state index contributed by atoms with van der Waals surface area (Å²) in [5.74, 6) is -0.397. The van der Waals surface area contributed by atoms with Gasteiger partial charge in [0.1, 0.15) is 17.6 Å². The fraction of sp³-hybridized carbons (Fsp3) is 0.0833. The third-order valence-corrected chi connectivity index (χ3v) is 3.03. The van der Waals surface area contributed by atoms with Gasteiger partial charge >= 0.3 is 12.1 Å². The molecule has 1 N–H and O–H groups in total. The van der Waals surface area contributed by atoms with Crippen molar-refractivity contribution in [2.45, 2.75) is 6.36 Å². The molecule has 0 radical (unpaired) electrons. The average molecular weight is 331 g/mol. The van der Waals surface area contributed by atoms with E-state index in [1.165, 1.54) is 18.5 Å². The summed E-state index contributed by atoms with van der Waals surface area (Å²) in [4.78, 5) is 22.1. The van der Waals surface area contributed by atoms with Gasteiger partial charge in [-0.05, 0) is 24.3 Å². The van der Waals surface area contributed by atoms with Crippen LogP contribution in [0, 0.1) is 0 Å². The first-order valence-electron chi connectivity index (χ1n) is 5.82. The van der Waals surface area contributed by atoms with E-state index in [1.54, 1.807) is 0 Å². The molecule has 0 spiro atoms. The van der Waals surface area contributed by atoms with Gasteiger partial charge in [0.05, 0.1) is 5.69 Å². The number of benzene rings is 1. The van der Waals surface area contributed by atoms with E-state index < -0.39 is 17.8 Å². The quantitative estimate of drug-likeness (QED) is 0.733. The van der Waals surface area contributed by atoms with Gasteiger partial charge in [-0.2, -0.15) is 0 Å². The fourth-order valence-corrected chi connectivity index (χ4v) is 2.17. The Morgan fingerprint density at radius 3 is 2.50 bits per heavy atom. The Morgan fingerprint density at radius 2 is 1.86 bits per heavy atom. The SMILES string of the molecule is O=c1[nH]c2ncnc(Cl)c2n1-c1ccc(OC(F)(F)F)cc1. The normalized spacial score (nSPS) is 11.8. The molecule has 2 heterocycles. The average Bonchev–Trinajstić information content (AvgIpc) is 2.75. The highest BCUT2D eigenvalue weighted by molar-refractivity contribution is 6.33. The number of halogens is 4. The summed E-state index contributed by atoms with van der Waals surface area (Å²) in [6, 6.07) is 4.76. The van der Waals surface area contributed by atoms with E-state index in [9.17, 15) is 18.0 Å². The van der Waals surface area contributed by atoms with Gasteiger partial charge in [-0.15, -0.1) is 13.2 Å². The second-order valence-electron chi connectivity index (χ2n) is 4.17. The summed E-state index contributed by atoms with van der Waals surface area (Å²) in [6.07, 6.45) is -3.60. The topological polar surface area (TPSA) is 72.8 Å². The molecule has 0 atom stereocenters. The summed E-state index contributed by atoms with van der Waals surface area (Å²) in [5, 5.41) is 0.0407. The van der Waals surface area contributed by atoms with E-state index in [2.05, 4.69) is 19.7 Å². The molecule has 3 rings (SSSR count). The first-order chi connectivity index (χ1) is 10.3. The van der Waals surface area contributed by atoms with Crippen molar-refractivity contribution >= 4 is 22.8 Å². The lowest BCUT2D eigenvalue weighted by molar-refractivity contribution is -0.274. The largest absolute Gasteiger partial charge is 0.573 e. The number of H-pyrrole nitrogens is 1. The van der Waals surface area contributed by atoms with Crippen LogP contribution in [0.2, 0.25) is 5.15 Å². The summed E-state index contributed by atoms with van der Waals surface area (Å²) >= 11 is 5.94. The molecule has 10 heteroatoms. The number of nitrogens with zero attached hydrogens (tertiary/aromatic N) is 3. The molecule has 0 aliphatic heterocycles. The highest BCUT2D eigenvalue weighted by atomic mass is 35.5. The number of nitrogens with one attached hydrogen (secondary N) is 1. The van der Waals surface area contributed by atoms with Crippen molar-refractivity contribution in [3.8, 4) is 11.4 Å². The van der Waals surface area contributed by atoms with Crippen LogP contribution in [0.15, 0.2) is 35.4 Å². The van der Waals surface area contributed by atoms with Crippen LogP contribution in [0.3, 0.4) is 0 Å². The maximum Gasteiger partial charge on any atom is 0.573 e. The molecule has 3 aromatic rings. The zero-order valence-corrected chi connectivity index (χ0v) is 11.3. The smallest absolute Gasteiger partial charge is 0.406 e. The molecule has 0 amide bonds. The summed E-state index contributed by atoms with van der Waals surface area (Å²) in [5.41, 5.74) is 0.212. The maximum atomic E-state index is 12.1. The lowest BCUT2D eigenvalue weighted by Gasteiger charge is -2.09. The number of ether oxygens (including phenoxy) is 1. The second kappa shape index (κ2) is 5.02. The van der Waals surface area contributed by atoms with Crippen LogP contribution in [0.4, 0.5) is 13.2 Å². The molecule has 1 aromatic carbocycles. The van der Waals surface area contributed by atoms with Gasteiger partial charge in [0.2, 0.25) is 0 Å². The molecular formula is C12H6ClF3N4O2. The predicted octanol–water partition coefficient (Wildman–Crippen LogP) is 2.66. The van der Waals surface area contributed by atoms with Gasteiger partial charge in [-0.1, -0.05) is 11.6 Å². The van der Waals surface area contributed by atoms with Crippen LogP contribution in [0.5, 0.6) is 5.75 Å². The first kappa shape index (κ1) is 14.4. The van der Waals surface area contributed by atoms with Crippen molar-refractivity contribution in [1.29, 1.82) is 0 Å². The van der Waals surface area contributed by atoms with E-state index in [4.69, 9.17) is 11.6 Å². The zero-order valence-electron chi connectivity index (χ0n) is 10.6. The zero-order chi connectivity index (χ0) is 15.9. The van der Waals surface area contributed by atoms with Gasteiger partial charge in [-0.3, -0.25) is 9.55 Å². The number of hydrogen-bond donors (Lipinski definition) is 1. The number of hydrogen-bond acceptors (Lipinski definition) is 4. The number of aromatic nitrogens is 4.